The smallest absolute Gasteiger partial charge is 0.228 e. The van der Waals surface area contributed by atoms with Crippen LogP contribution in [0.1, 0.15) is 6.42 Å². The Morgan fingerprint density at radius 3 is 2.12 bits per heavy atom. The number of rotatable bonds is 4. The van der Waals surface area contributed by atoms with Crippen LogP contribution in [0.2, 0.25) is 5.02 Å². The van der Waals surface area contributed by atoms with E-state index < -0.39 is 35.1 Å². The Kier molecular flexibility index (Phi) is 4.49. The minimum Gasteiger partial charge on any atom is -0.325 e. The second-order valence-corrected chi connectivity index (χ2v) is 5.91. The number of carbonyl (C=O) groups excluding carboxylic acids is 2. The first kappa shape index (κ1) is 16.4. The van der Waals surface area contributed by atoms with E-state index in [2.05, 4.69) is 10.6 Å². The fourth-order valence-corrected chi connectivity index (χ4v) is 2.58. The van der Waals surface area contributed by atoms with Gasteiger partial charge in [-0.25, -0.2) is 8.78 Å². The second-order valence-electron chi connectivity index (χ2n) is 5.50. The third kappa shape index (κ3) is 3.38. The molecule has 2 aromatic rings. The van der Waals surface area contributed by atoms with Gasteiger partial charge in [-0.05, 0) is 30.7 Å². The first-order chi connectivity index (χ1) is 11.5. The molecule has 24 heavy (non-hydrogen) atoms. The van der Waals surface area contributed by atoms with Crippen LogP contribution in [0.25, 0.3) is 0 Å². The number of nitrogens with one attached hydrogen (secondary N) is 2. The Morgan fingerprint density at radius 1 is 0.917 bits per heavy atom. The molecule has 0 bridgehead atoms. The van der Waals surface area contributed by atoms with Crippen LogP contribution in [-0.4, -0.2) is 11.8 Å². The van der Waals surface area contributed by atoms with Crippen molar-refractivity contribution in [2.45, 2.75) is 6.42 Å². The van der Waals surface area contributed by atoms with E-state index in [4.69, 9.17) is 11.6 Å². The van der Waals surface area contributed by atoms with Gasteiger partial charge in [0.05, 0.1) is 22.5 Å². The van der Waals surface area contributed by atoms with Crippen molar-refractivity contribution in [3.63, 3.8) is 0 Å². The van der Waals surface area contributed by atoms with E-state index in [-0.39, 0.29) is 5.91 Å². The summed E-state index contributed by atoms with van der Waals surface area (Å²) < 4.78 is 27.1. The zero-order chi connectivity index (χ0) is 17.3. The molecule has 2 aromatic carbocycles. The molecule has 1 saturated carbocycles. The monoisotopic (exact) mass is 350 g/mol. The summed E-state index contributed by atoms with van der Waals surface area (Å²) in [4.78, 5) is 24.2. The third-order valence-corrected chi connectivity index (χ3v) is 4.14. The van der Waals surface area contributed by atoms with Crippen LogP contribution in [0.4, 0.5) is 20.2 Å². The molecule has 2 amide bonds. The number of hydrogen-bond donors (Lipinski definition) is 2. The molecule has 0 saturated heterocycles. The van der Waals surface area contributed by atoms with E-state index in [1.807, 2.05) is 0 Å². The van der Waals surface area contributed by atoms with E-state index in [0.717, 1.165) is 12.1 Å². The van der Waals surface area contributed by atoms with Gasteiger partial charge in [0, 0.05) is 0 Å². The lowest BCUT2D eigenvalue weighted by Crippen LogP contribution is -2.21. The van der Waals surface area contributed by atoms with Gasteiger partial charge in [-0.15, -0.1) is 0 Å². The van der Waals surface area contributed by atoms with Crippen molar-refractivity contribution < 1.29 is 18.4 Å². The van der Waals surface area contributed by atoms with E-state index in [9.17, 15) is 18.4 Å². The molecule has 1 fully saturated rings. The van der Waals surface area contributed by atoms with Crippen molar-refractivity contribution in [2.24, 2.45) is 11.8 Å². The van der Waals surface area contributed by atoms with Crippen LogP contribution < -0.4 is 10.6 Å². The maximum absolute atomic E-state index is 13.5. The molecular formula is C17H13ClF2N2O2. The highest BCUT2D eigenvalue weighted by Crippen LogP contribution is 2.41. The zero-order valence-electron chi connectivity index (χ0n) is 12.4. The van der Waals surface area contributed by atoms with Gasteiger partial charge < -0.3 is 10.6 Å². The molecule has 0 aliphatic heterocycles. The fourth-order valence-electron chi connectivity index (χ4n) is 2.40. The predicted octanol–water partition coefficient (Wildman–Crippen LogP) is 3.83. The molecular weight excluding hydrogens is 338 g/mol. The number of anilines is 2. The minimum atomic E-state index is -0.860. The Bertz CT molecular complexity index is 793. The highest BCUT2D eigenvalue weighted by molar-refractivity contribution is 6.33. The van der Waals surface area contributed by atoms with Crippen molar-refractivity contribution in [2.75, 3.05) is 10.6 Å². The molecule has 4 nitrogen and oxygen atoms in total. The van der Waals surface area contributed by atoms with Crippen molar-refractivity contribution >= 4 is 34.8 Å². The topological polar surface area (TPSA) is 58.2 Å². The SMILES string of the molecule is O=C(Nc1ccccc1Cl)C1CC1C(=O)Nc1c(F)cccc1F. The molecule has 0 heterocycles. The number of amides is 2. The molecule has 2 atom stereocenters. The van der Waals surface area contributed by atoms with Crippen LogP contribution in [-0.2, 0) is 9.59 Å². The first-order valence-electron chi connectivity index (χ1n) is 7.27. The minimum absolute atomic E-state index is 0.318. The standard InChI is InChI=1S/C17H13ClF2N2O2/c18-11-4-1-2-7-14(11)21-16(23)9-8-10(9)17(24)22-15-12(19)5-3-6-13(15)20/h1-7,9-10H,8H2,(H,21,23)(H,22,24). The van der Waals surface area contributed by atoms with Gasteiger partial charge >= 0.3 is 0 Å². The van der Waals surface area contributed by atoms with Gasteiger partial charge in [-0.1, -0.05) is 29.8 Å². The van der Waals surface area contributed by atoms with Gasteiger partial charge in [0.25, 0.3) is 0 Å². The van der Waals surface area contributed by atoms with E-state index >= 15 is 0 Å². The Labute approximate surface area is 141 Å². The lowest BCUT2D eigenvalue weighted by atomic mass is 10.2. The lowest BCUT2D eigenvalue weighted by Gasteiger charge is -2.08. The molecule has 0 radical (unpaired) electrons. The Balaban J connectivity index is 1.61. The second kappa shape index (κ2) is 6.57. The maximum Gasteiger partial charge on any atom is 0.228 e. The average Bonchev–Trinajstić information content (AvgIpc) is 3.34. The van der Waals surface area contributed by atoms with Crippen LogP contribution in [0.5, 0.6) is 0 Å². The Hall–Kier alpha value is -2.47. The van der Waals surface area contributed by atoms with Gasteiger partial charge in [-0.2, -0.15) is 0 Å². The number of para-hydroxylation sites is 2. The summed E-state index contributed by atoms with van der Waals surface area (Å²) in [6.45, 7) is 0. The van der Waals surface area contributed by atoms with E-state index in [0.29, 0.717) is 17.1 Å². The van der Waals surface area contributed by atoms with Crippen LogP contribution in [0.3, 0.4) is 0 Å². The number of halogens is 3. The van der Waals surface area contributed by atoms with Crippen LogP contribution in [0, 0.1) is 23.5 Å². The molecule has 1 aliphatic carbocycles. The Morgan fingerprint density at radius 2 is 1.50 bits per heavy atom. The maximum atomic E-state index is 13.5. The lowest BCUT2D eigenvalue weighted by molar-refractivity contribution is -0.122. The fraction of sp³-hybridized carbons (Fsp3) is 0.176. The summed E-state index contributed by atoms with van der Waals surface area (Å²) in [5, 5.41) is 5.24. The largest absolute Gasteiger partial charge is 0.325 e. The summed E-state index contributed by atoms with van der Waals surface area (Å²) in [5.74, 6) is -3.82. The number of carbonyl (C=O) groups is 2. The molecule has 2 N–H and O–H groups in total. The zero-order valence-corrected chi connectivity index (χ0v) is 13.1. The summed E-state index contributed by atoms with van der Waals surface area (Å²) >= 11 is 5.96. The third-order valence-electron chi connectivity index (χ3n) is 3.81. The molecule has 1 aliphatic rings. The average molecular weight is 351 g/mol. The highest BCUT2D eigenvalue weighted by Gasteiger charge is 2.48. The quantitative estimate of drug-likeness (QED) is 0.880. The number of hydrogen-bond acceptors (Lipinski definition) is 2. The molecule has 2 unspecified atom stereocenters. The van der Waals surface area contributed by atoms with Gasteiger partial charge in [0.15, 0.2) is 0 Å². The van der Waals surface area contributed by atoms with Gasteiger partial charge in [0.2, 0.25) is 11.8 Å². The van der Waals surface area contributed by atoms with Crippen molar-refractivity contribution in [1.29, 1.82) is 0 Å². The molecule has 124 valence electrons. The molecule has 0 aromatic heterocycles. The molecule has 3 rings (SSSR count). The van der Waals surface area contributed by atoms with Crippen molar-refractivity contribution in [3.05, 3.63) is 59.1 Å². The molecule has 0 spiro atoms. The molecule has 7 heteroatoms. The van der Waals surface area contributed by atoms with Crippen molar-refractivity contribution in [1.82, 2.24) is 0 Å². The highest BCUT2D eigenvalue weighted by atomic mass is 35.5. The number of benzene rings is 2. The van der Waals surface area contributed by atoms with Crippen molar-refractivity contribution in [3.8, 4) is 0 Å². The summed E-state index contributed by atoms with van der Waals surface area (Å²) in [6.07, 6.45) is 0.318. The van der Waals surface area contributed by atoms with Gasteiger partial charge in [0.1, 0.15) is 17.3 Å². The summed E-state index contributed by atoms with van der Waals surface area (Å²) in [5.41, 5.74) is -0.0463. The van der Waals surface area contributed by atoms with E-state index in [1.165, 1.54) is 6.07 Å². The first-order valence-corrected chi connectivity index (χ1v) is 7.65. The van der Waals surface area contributed by atoms with E-state index in [1.54, 1.807) is 24.3 Å². The van der Waals surface area contributed by atoms with Crippen LogP contribution in [0.15, 0.2) is 42.5 Å². The summed E-state index contributed by atoms with van der Waals surface area (Å²) in [7, 11) is 0. The predicted molar refractivity (Wildman–Crippen MR) is 86.7 cm³/mol. The normalized spacial score (nSPS) is 18.8. The summed E-state index contributed by atoms with van der Waals surface area (Å²) in [6, 6.07) is 10.0. The van der Waals surface area contributed by atoms with Gasteiger partial charge in [-0.3, -0.25) is 9.59 Å². The van der Waals surface area contributed by atoms with Crippen LogP contribution >= 0.6 is 11.6 Å².